The zero-order valence-electron chi connectivity index (χ0n) is 11.9. The number of ether oxygens (including phenoxy) is 2. The van der Waals surface area contributed by atoms with Gasteiger partial charge in [0.1, 0.15) is 0 Å². The van der Waals surface area contributed by atoms with Gasteiger partial charge in [-0.3, -0.25) is 4.79 Å². The van der Waals surface area contributed by atoms with E-state index in [1.807, 2.05) is 18.2 Å². The largest absolute Gasteiger partial charge is 0.492 e. The van der Waals surface area contributed by atoms with Crippen LogP contribution in [-0.4, -0.2) is 19.5 Å². The first-order valence-corrected chi connectivity index (χ1v) is 6.67. The van der Waals surface area contributed by atoms with E-state index in [0.717, 1.165) is 24.2 Å². The van der Waals surface area contributed by atoms with Crippen LogP contribution < -0.4 is 9.47 Å². The molecule has 0 fully saturated rings. The Balaban J connectivity index is 2.80. The lowest BCUT2D eigenvalue weighted by atomic mass is 10.1. The van der Waals surface area contributed by atoms with Crippen LogP contribution in [0.15, 0.2) is 24.3 Å². The summed E-state index contributed by atoms with van der Waals surface area (Å²) < 4.78 is 11.1. The first-order chi connectivity index (χ1) is 9.19. The molecule has 0 aliphatic rings. The van der Waals surface area contributed by atoms with Crippen molar-refractivity contribution >= 4 is 11.9 Å². The normalized spacial score (nSPS) is 10.7. The van der Waals surface area contributed by atoms with Crippen molar-refractivity contribution in [2.45, 2.75) is 33.1 Å². The van der Waals surface area contributed by atoms with Crippen LogP contribution in [0, 0.1) is 0 Å². The van der Waals surface area contributed by atoms with Crippen molar-refractivity contribution in [2.75, 3.05) is 13.7 Å². The summed E-state index contributed by atoms with van der Waals surface area (Å²) in [6.45, 7) is 4.37. The molecule has 3 heteroatoms. The van der Waals surface area contributed by atoms with Gasteiger partial charge in [0.2, 0.25) is 0 Å². The van der Waals surface area contributed by atoms with Crippen LogP contribution >= 0.6 is 0 Å². The Kier molecular flexibility index (Phi) is 6.72. The smallest absolute Gasteiger partial charge is 0.167 e. The fraction of sp³-hybridized carbons (Fsp3) is 0.438. The van der Waals surface area contributed by atoms with Crippen molar-refractivity contribution < 1.29 is 14.3 Å². The van der Waals surface area contributed by atoms with Crippen molar-refractivity contribution in [1.82, 2.24) is 0 Å². The predicted molar refractivity (Wildman–Crippen MR) is 77.7 cm³/mol. The maximum absolute atomic E-state index is 11.0. The van der Waals surface area contributed by atoms with E-state index in [0.29, 0.717) is 12.4 Å². The van der Waals surface area contributed by atoms with Crippen molar-refractivity contribution in [3.05, 3.63) is 29.8 Å². The summed E-state index contributed by atoms with van der Waals surface area (Å²) in [6, 6.07) is 5.69. The van der Waals surface area contributed by atoms with Gasteiger partial charge in [-0.15, -0.1) is 0 Å². The Hall–Kier alpha value is -1.77. The molecule has 0 heterocycles. The lowest BCUT2D eigenvalue weighted by Gasteiger charge is -2.12. The van der Waals surface area contributed by atoms with Crippen LogP contribution in [0.2, 0.25) is 0 Å². The lowest BCUT2D eigenvalue weighted by molar-refractivity contribution is -0.112. The van der Waals surface area contributed by atoms with Crippen molar-refractivity contribution in [3.63, 3.8) is 0 Å². The molecule has 0 radical (unpaired) electrons. The van der Waals surface area contributed by atoms with E-state index in [1.54, 1.807) is 13.2 Å². The number of benzene rings is 1. The molecule has 0 amide bonds. The summed E-state index contributed by atoms with van der Waals surface area (Å²) in [5.74, 6) is 1.41. The number of methoxy groups -OCH3 is 1. The molecule has 0 spiro atoms. The molecular weight excluding hydrogens is 240 g/mol. The molecule has 0 aliphatic heterocycles. The summed E-state index contributed by atoms with van der Waals surface area (Å²) in [5.41, 5.74) is 0.852. The third-order valence-electron chi connectivity index (χ3n) is 2.72. The SMILES string of the molecule is CCCCCOc1cccc(/C=C/C(C)=O)c1OC. The highest BCUT2D eigenvalue weighted by Gasteiger charge is 2.08. The van der Waals surface area contributed by atoms with Gasteiger partial charge in [0.25, 0.3) is 0 Å². The number of rotatable bonds is 8. The number of carbonyl (C=O) groups excluding carboxylic acids is 1. The van der Waals surface area contributed by atoms with Gasteiger partial charge in [0.15, 0.2) is 17.3 Å². The van der Waals surface area contributed by atoms with Gasteiger partial charge < -0.3 is 9.47 Å². The monoisotopic (exact) mass is 262 g/mol. The quantitative estimate of drug-likeness (QED) is 0.527. The molecule has 1 aromatic rings. The number of hydrogen-bond acceptors (Lipinski definition) is 3. The van der Waals surface area contributed by atoms with E-state index < -0.39 is 0 Å². The number of para-hydroxylation sites is 1. The molecule has 0 N–H and O–H groups in total. The Morgan fingerprint density at radius 3 is 2.74 bits per heavy atom. The van der Waals surface area contributed by atoms with Crippen LogP contribution in [0.3, 0.4) is 0 Å². The molecule has 0 unspecified atom stereocenters. The van der Waals surface area contributed by atoms with Crippen LogP contribution in [0.5, 0.6) is 11.5 Å². The number of unbranched alkanes of at least 4 members (excludes halogenated alkanes) is 2. The second-order valence-electron chi connectivity index (χ2n) is 4.38. The molecule has 0 bridgehead atoms. The molecule has 3 nitrogen and oxygen atoms in total. The van der Waals surface area contributed by atoms with Crippen LogP contribution in [0.4, 0.5) is 0 Å². The minimum absolute atomic E-state index is 0.0105. The number of carbonyl (C=O) groups is 1. The molecule has 0 atom stereocenters. The van der Waals surface area contributed by atoms with Crippen molar-refractivity contribution in [1.29, 1.82) is 0 Å². The predicted octanol–water partition coefficient (Wildman–Crippen LogP) is 3.87. The third-order valence-corrected chi connectivity index (χ3v) is 2.72. The fourth-order valence-electron chi connectivity index (χ4n) is 1.74. The van der Waals surface area contributed by atoms with E-state index in [2.05, 4.69) is 6.92 Å². The summed E-state index contributed by atoms with van der Waals surface area (Å²) >= 11 is 0. The first kappa shape index (κ1) is 15.3. The van der Waals surface area contributed by atoms with Gasteiger partial charge in [0.05, 0.1) is 13.7 Å². The minimum atomic E-state index is 0.0105. The van der Waals surface area contributed by atoms with Crippen molar-refractivity contribution in [3.8, 4) is 11.5 Å². The van der Waals surface area contributed by atoms with Crippen molar-refractivity contribution in [2.24, 2.45) is 0 Å². The summed E-state index contributed by atoms with van der Waals surface area (Å²) in [7, 11) is 1.61. The second-order valence-corrected chi connectivity index (χ2v) is 4.38. The molecule has 1 aromatic carbocycles. The molecule has 0 saturated carbocycles. The zero-order chi connectivity index (χ0) is 14.1. The summed E-state index contributed by atoms with van der Waals surface area (Å²) in [5, 5.41) is 0. The summed E-state index contributed by atoms with van der Waals surface area (Å²) in [6.07, 6.45) is 6.64. The van der Waals surface area contributed by atoms with E-state index in [1.165, 1.54) is 19.4 Å². The van der Waals surface area contributed by atoms with Crippen LogP contribution in [0.1, 0.15) is 38.7 Å². The van der Waals surface area contributed by atoms with Gasteiger partial charge in [-0.05, 0) is 31.6 Å². The molecule has 0 aliphatic carbocycles. The van der Waals surface area contributed by atoms with E-state index in [4.69, 9.17) is 9.47 Å². The minimum Gasteiger partial charge on any atom is -0.492 e. The van der Waals surface area contributed by atoms with Crippen LogP contribution in [-0.2, 0) is 4.79 Å². The number of hydrogen-bond donors (Lipinski definition) is 0. The maximum atomic E-state index is 11.0. The molecule has 0 saturated heterocycles. The molecule has 0 aromatic heterocycles. The fourth-order valence-corrected chi connectivity index (χ4v) is 1.74. The average molecular weight is 262 g/mol. The van der Waals surface area contributed by atoms with Gasteiger partial charge in [-0.25, -0.2) is 0 Å². The molecule has 19 heavy (non-hydrogen) atoms. The maximum Gasteiger partial charge on any atom is 0.167 e. The number of allylic oxidation sites excluding steroid dienone is 1. The van der Waals surface area contributed by atoms with Gasteiger partial charge in [-0.1, -0.05) is 31.9 Å². The molecule has 1 rings (SSSR count). The molecular formula is C16H22O3. The van der Waals surface area contributed by atoms with E-state index in [-0.39, 0.29) is 5.78 Å². The van der Waals surface area contributed by atoms with Gasteiger partial charge >= 0.3 is 0 Å². The Morgan fingerprint density at radius 2 is 2.11 bits per heavy atom. The Labute approximate surface area is 115 Å². The lowest BCUT2D eigenvalue weighted by Crippen LogP contribution is -2.00. The first-order valence-electron chi connectivity index (χ1n) is 6.67. The van der Waals surface area contributed by atoms with E-state index >= 15 is 0 Å². The molecule has 104 valence electrons. The van der Waals surface area contributed by atoms with Gasteiger partial charge in [0, 0.05) is 5.56 Å². The van der Waals surface area contributed by atoms with Crippen LogP contribution in [0.25, 0.3) is 6.08 Å². The highest BCUT2D eigenvalue weighted by molar-refractivity contribution is 5.92. The zero-order valence-corrected chi connectivity index (χ0v) is 11.9. The highest BCUT2D eigenvalue weighted by atomic mass is 16.5. The second kappa shape index (κ2) is 8.35. The third kappa shape index (κ3) is 5.16. The Bertz CT molecular complexity index is 436. The number of ketones is 1. The topological polar surface area (TPSA) is 35.5 Å². The summed E-state index contributed by atoms with van der Waals surface area (Å²) in [4.78, 5) is 11.0. The van der Waals surface area contributed by atoms with E-state index in [9.17, 15) is 4.79 Å². The van der Waals surface area contributed by atoms with Gasteiger partial charge in [-0.2, -0.15) is 0 Å². The average Bonchev–Trinajstić information content (AvgIpc) is 2.41. The highest BCUT2D eigenvalue weighted by Crippen LogP contribution is 2.32. The standard InChI is InChI=1S/C16H22O3/c1-4-5-6-12-19-15-9-7-8-14(16(15)18-3)11-10-13(2)17/h7-11H,4-6,12H2,1-3H3/b11-10+. The Morgan fingerprint density at radius 1 is 1.32 bits per heavy atom.